The lowest BCUT2D eigenvalue weighted by molar-refractivity contribution is 0.112. The van der Waals surface area contributed by atoms with Gasteiger partial charge >= 0.3 is 0 Å². The topological polar surface area (TPSA) is 17.1 Å². The van der Waals surface area contributed by atoms with Crippen molar-refractivity contribution in [3.63, 3.8) is 0 Å². The number of thiol groups is 2. The highest BCUT2D eigenvalue weighted by atomic mass is 32.2. The van der Waals surface area contributed by atoms with Gasteiger partial charge in [0.1, 0.15) is 0 Å². The van der Waals surface area contributed by atoms with Gasteiger partial charge in [-0.3, -0.25) is 4.79 Å². The van der Waals surface area contributed by atoms with Gasteiger partial charge < -0.3 is 0 Å². The predicted molar refractivity (Wildman–Crippen MR) is 64.6 cm³/mol. The number of hydrogen-bond donors (Lipinski definition) is 2. The van der Waals surface area contributed by atoms with Crippen LogP contribution in [-0.4, -0.2) is 6.29 Å². The minimum atomic E-state index is -0.300. The van der Waals surface area contributed by atoms with Crippen molar-refractivity contribution in [2.45, 2.75) is 9.79 Å². The Morgan fingerprint density at radius 2 is 1.93 bits per heavy atom. The third kappa shape index (κ3) is 1.79. The van der Waals surface area contributed by atoms with E-state index in [0.717, 1.165) is 11.2 Å². The number of carbonyl (C=O) groups is 1. The molecule has 1 aliphatic heterocycles. The van der Waals surface area contributed by atoms with Crippen molar-refractivity contribution >= 4 is 29.8 Å². The largest absolute Gasteiger partial charge is 0.298 e. The van der Waals surface area contributed by atoms with E-state index >= 15 is 0 Å². The SMILES string of the molecule is O=Cc1ccc([SH]2C=CC=C2)cc1S. The van der Waals surface area contributed by atoms with Gasteiger partial charge in [-0.15, -0.1) is 12.6 Å². The van der Waals surface area contributed by atoms with Gasteiger partial charge in [-0.25, -0.2) is 0 Å². The second-order valence-corrected chi connectivity index (χ2v) is 5.36. The highest BCUT2D eigenvalue weighted by Gasteiger charge is 2.05. The Morgan fingerprint density at radius 1 is 1.21 bits per heavy atom. The van der Waals surface area contributed by atoms with E-state index in [2.05, 4.69) is 35.6 Å². The molecule has 0 aromatic heterocycles. The normalized spacial score (nSPS) is 16.2. The first-order valence-corrected chi connectivity index (χ1v) is 6.15. The number of benzene rings is 1. The number of allylic oxidation sites excluding steroid dienone is 2. The zero-order chi connectivity index (χ0) is 9.97. The summed E-state index contributed by atoms with van der Waals surface area (Å²) in [4.78, 5) is 12.6. The summed E-state index contributed by atoms with van der Waals surface area (Å²) < 4.78 is 0. The van der Waals surface area contributed by atoms with Crippen LogP contribution in [0.1, 0.15) is 10.4 Å². The smallest absolute Gasteiger partial charge is 0.151 e. The number of hydrogen-bond acceptors (Lipinski definition) is 2. The van der Waals surface area contributed by atoms with Gasteiger partial charge in [-0.05, 0) is 33.9 Å². The van der Waals surface area contributed by atoms with Crippen LogP contribution in [0.15, 0.2) is 51.0 Å². The molecule has 0 atom stereocenters. The summed E-state index contributed by atoms with van der Waals surface area (Å²) in [7, 11) is -0.300. The van der Waals surface area contributed by atoms with E-state index in [1.807, 2.05) is 18.2 Å². The van der Waals surface area contributed by atoms with Crippen molar-refractivity contribution in [1.82, 2.24) is 0 Å². The van der Waals surface area contributed by atoms with Gasteiger partial charge in [-0.2, -0.15) is 10.9 Å². The molecule has 0 spiro atoms. The minimum absolute atomic E-state index is 0.300. The van der Waals surface area contributed by atoms with Crippen LogP contribution in [0.5, 0.6) is 0 Å². The third-order valence-corrected chi connectivity index (χ3v) is 4.29. The highest BCUT2D eigenvalue weighted by Crippen LogP contribution is 2.42. The molecule has 0 aliphatic carbocycles. The van der Waals surface area contributed by atoms with Gasteiger partial charge in [0.15, 0.2) is 6.29 Å². The third-order valence-electron chi connectivity index (χ3n) is 2.04. The van der Waals surface area contributed by atoms with Crippen LogP contribution in [0.3, 0.4) is 0 Å². The second kappa shape index (κ2) is 4.07. The molecule has 14 heavy (non-hydrogen) atoms. The molecule has 2 rings (SSSR count). The van der Waals surface area contributed by atoms with E-state index in [9.17, 15) is 4.79 Å². The average Bonchev–Trinajstić information content (AvgIpc) is 2.70. The van der Waals surface area contributed by atoms with E-state index in [1.54, 1.807) is 0 Å². The van der Waals surface area contributed by atoms with Crippen molar-refractivity contribution in [1.29, 1.82) is 0 Å². The first-order chi connectivity index (χ1) is 6.81. The minimum Gasteiger partial charge on any atom is -0.298 e. The van der Waals surface area contributed by atoms with Crippen LogP contribution >= 0.6 is 23.5 Å². The van der Waals surface area contributed by atoms with Crippen LogP contribution in [0.4, 0.5) is 0 Å². The molecule has 0 bridgehead atoms. The van der Waals surface area contributed by atoms with Crippen LogP contribution in [-0.2, 0) is 0 Å². The maximum Gasteiger partial charge on any atom is 0.151 e. The van der Waals surface area contributed by atoms with E-state index < -0.39 is 0 Å². The molecule has 0 unspecified atom stereocenters. The Bertz CT molecular complexity index is 409. The maximum atomic E-state index is 10.6. The van der Waals surface area contributed by atoms with Crippen molar-refractivity contribution in [3.05, 3.63) is 46.7 Å². The van der Waals surface area contributed by atoms with Gasteiger partial charge in [0.2, 0.25) is 0 Å². The zero-order valence-corrected chi connectivity index (χ0v) is 9.21. The molecule has 0 amide bonds. The molecule has 1 nitrogen and oxygen atoms in total. The Hall–Kier alpha value is -0.930. The predicted octanol–water partition coefficient (Wildman–Crippen LogP) is 3.19. The van der Waals surface area contributed by atoms with Gasteiger partial charge in [0.25, 0.3) is 0 Å². The van der Waals surface area contributed by atoms with E-state index in [0.29, 0.717) is 5.56 Å². The lowest BCUT2D eigenvalue weighted by Crippen LogP contribution is -1.84. The number of aldehydes is 1. The van der Waals surface area contributed by atoms with E-state index in [1.165, 1.54) is 4.90 Å². The summed E-state index contributed by atoms with van der Waals surface area (Å²) in [6.07, 6.45) is 4.94. The molecule has 0 saturated heterocycles. The summed E-state index contributed by atoms with van der Waals surface area (Å²) >= 11 is 4.27. The van der Waals surface area contributed by atoms with Gasteiger partial charge in [-0.1, -0.05) is 12.2 Å². The molecular weight excluding hydrogens is 212 g/mol. The molecule has 0 N–H and O–H groups in total. The molecule has 1 aliphatic rings. The molecular formula is C11H10OS2. The first kappa shape index (κ1) is 9.62. The Labute approximate surface area is 91.3 Å². The fourth-order valence-corrected chi connectivity index (χ4v) is 3.21. The summed E-state index contributed by atoms with van der Waals surface area (Å²) in [5, 5.41) is 4.36. The van der Waals surface area contributed by atoms with Crippen LogP contribution < -0.4 is 0 Å². The zero-order valence-electron chi connectivity index (χ0n) is 7.42. The highest BCUT2D eigenvalue weighted by molar-refractivity contribution is 8.22. The molecule has 0 radical (unpaired) electrons. The summed E-state index contributed by atoms with van der Waals surface area (Å²) in [6.45, 7) is 0. The fourth-order valence-electron chi connectivity index (χ4n) is 1.30. The molecule has 72 valence electrons. The van der Waals surface area contributed by atoms with Crippen molar-refractivity contribution in [2.75, 3.05) is 0 Å². The average molecular weight is 222 g/mol. The fraction of sp³-hybridized carbons (Fsp3) is 0. The first-order valence-electron chi connectivity index (χ1n) is 4.23. The Morgan fingerprint density at radius 3 is 2.50 bits per heavy atom. The lowest BCUT2D eigenvalue weighted by Gasteiger charge is -2.11. The van der Waals surface area contributed by atoms with Crippen LogP contribution in [0.25, 0.3) is 0 Å². The van der Waals surface area contributed by atoms with E-state index in [-0.39, 0.29) is 10.9 Å². The quantitative estimate of drug-likeness (QED) is 0.580. The Kier molecular flexibility index (Phi) is 2.79. The van der Waals surface area contributed by atoms with Gasteiger partial charge in [0, 0.05) is 10.5 Å². The van der Waals surface area contributed by atoms with Crippen LogP contribution in [0.2, 0.25) is 0 Å². The van der Waals surface area contributed by atoms with Gasteiger partial charge in [0.05, 0.1) is 0 Å². The van der Waals surface area contributed by atoms with Crippen LogP contribution in [0, 0.1) is 0 Å². The summed E-state index contributed by atoms with van der Waals surface area (Å²) in [5.41, 5.74) is 0.652. The van der Waals surface area contributed by atoms with Crippen molar-refractivity contribution in [2.24, 2.45) is 0 Å². The summed E-state index contributed by atoms with van der Waals surface area (Å²) in [5.74, 6) is 0. The van der Waals surface area contributed by atoms with Crippen molar-refractivity contribution < 1.29 is 4.79 Å². The molecule has 1 heterocycles. The monoisotopic (exact) mass is 222 g/mol. The molecule has 3 heteroatoms. The van der Waals surface area contributed by atoms with E-state index in [4.69, 9.17) is 0 Å². The number of carbonyl (C=O) groups excluding carboxylic acids is 1. The molecule has 1 aromatic carbocycles. The molecule has 0 fully saturated rings. The Balaban J connectivity index is 2.37. The number of rotatable bonds is 2. The standard InChI is InChI=1S/C11H10OS2/c12-8-9-3-4-10(7-11(9)13)14-5-1-2-6-14/h1-8,13-14H. The maximum absolute atomic E-state index is 10.6. The van der Waals surface area contributed by atoms with Crippen molar-refractivity contribution in [3.8, 4) is 0 Å². The second-order valence-electron chi connectivity index (χ2n) is 2.95. The summed E-state index contributed by atoms with van der Waals surface area (Å²) in [6, 6.07) is 5.79. The lowest BCUT2D eigenvalue weighted by atomic mass is 10.2. The molecule has 0 saturated carbocycles. The molecule has 1 aromatic rings.